The average molecular weight is 695 g/mol. The first kappa shape index (κ1) is 34.7. The number of amides is 1. The summed E-state index contributed by atoms with van der Waals surface area (Å²) in [6, 6.07) is 10.1. The third kappa shape index (κ3) is 6.15. The van der Waals surface area contributed by atoms with Crippen LogP contribution in [0.1, 0.15) is 77.5 Å². The van der Waals surface area contributed by atoms with Crippen molar-refractivity contribution in [3.8, 4) is 23.1 Å². The lowest BCUT2D eigenvalue weighted by molar-refractivity contribution is 0.00744. The molecule has 268 valence electrons. The number of pyridine rings is 1. The van der Waals surface area contributed by atoms with E-state index < -0.39 is 11.4 Å². The minimum atomic E-state index is -0.591. The van der Waals surface area contributed by atoms with Gasteiger partial charge >= 0.3 is 6.09 Å². The van der Waals surface area contributed by atoms with Crippen LogP contribution in [0.5, 0.6) is 5.88 Å². The third-order valence-electron chi connectivity index (χ3n) is 10.7. The predicted molar refractivity (Wildman–Crippen MR) is 195 cm³/mol. The number of rotatable bonds is 6. The molecule has 5 aromatic rings. The molecule has 2 aromatic carbocycles. The first-order chi connectivity index (χ1) is 24.3. The molecule has 2 fully saturated rings. The van der Waals surface area contributed by atoms with Gasteiger partial charge in [-0.05, 0) is 110 Å². The Morgan fingerprint density at radius 2 is 1.96 bits per heavy atom. The van der Waals surface area contributed by atoms with Crippen molar-refractivity contribution in [1.82, 2.24) is 34.3 Å². The van der Waals surface area contributed by atoms with Crippen LogP contribution in [0.3, 0.4) is 0 Å². The monoisotopic (exact) mass is 694 g/mol. The number of ether oxygens (including phenoxy) is 2. The summed E-state index contributed by atoms with van der Waals surface area (Å²) in [7, 11) is 4.04. The van der Waals surface area contributed by atoms with E-state index in [1.165, 1.54) is 0 Å². The van der Waals surface area contributed by atoms with E-state index in [1.807, 2.05) is 88.3 Å². The van der Waals surface area contributed by atoms with Gasteiger partial charge in [-0.15, -0.1) is 5.10 Å². The predicted octanol–water partition coefficient (Wildman–Crippen LogP) is 7.47. The number of hydrogen-bond donors (Lipinski definition) is 0. The van der Waals surface area contributed by atoms with Crippen LogP contribution >= 0.6 is 0 Å². The Balaban J connectivity index is 1.39. The first-order valence-electron chi connectivity index (χ1n) is 18.0. The van der Waals surface area contributed by atoms with Crippen molar-refractivity contribution in [2.75, 3.05) is 20.1 Å². The van der Waals surface area contributed by atoms with Crippen molar-refractivity contribution in [2.24, 2.45) is 7.05 Å². The zero-order valence-corrected chi connectivity index (χ0v) is 30.8. The highest BCUT2D eigenvalue weighted by Crippen LogP contribution is 2.42. The summed E-state index contributed by atoms with van der Waals surface area (Å²) in [5.41, 5.74) is 4.42. The van der Waals surface area contributed by atoms with Crippen LogP contribution in [-0.4, -0.2) is 84.4 Å². The Bertz CT molecular complexity index is 2190. The smallest absolute Gasteiger partial charge is 0.410 e. The van der Waals surface area contributed by atoms with Gasteiger partial charge in [0, 0.05) is 53.7 Å². The summed E-state index contributed by atoms with van der Waals surface area (Å²) >= 11 is 0. The molecule has 2 aliphatic rings. The van der Waals surface area contributed by atoms with Gasteiger partial charge in [0.25, 0.3) is 0 Å². The number of benzene rings is 2. The van der Waals surface area contributed by atoms with Crippen LogP contribution in [0, 0.1) is 24.1 Å². The maximum absolute atomic E-state index is 17.4. The minimum Gasteiger partial charge on any atom is -0.471 e. The molecule has 11 nitrogen and oxygen atoms in total. The van der Waals surface area contributed by atoms with Crippen LogP contribution in [0.25, 0.3) is 44.0 Å². The number of carbonyl (C=O) groups is 1. The number of likely N-dealkylation sites (N-methyl/N-ethyl adjacent to an activating group) is 1. The number of likely N-dealkylation sites (tertiary alicyclic amines) is 2. The molecule has 2 saturated heterocycles. The van der Waals surface area contributed by atoms with E-state index >= 15 is 4.39 Å². The standard InChI is InChI=1S/C39H47FN8O3/c1-22-19-28-34(33(40)31(22)27-11-9-12-30-32(27)25(14-16-41)21-46(30)8)42-37(50-24(3)29-13-10-17-45(29)7)35-36(28)48(44-43-35)26-15-18-47(23(2)20-26)38(49)51-39(4,5)6/h9,11-12,19,21,23-24,26,29H,10,13-15,17-18,20H2,1-8H3/t23-,24-,26-,29-/m0/s1. The summed E-state index contributed by atoms with van der Waals surface area (Å²) in [4.78, 5) is 22.0. The number of aryl methyl sites for hydroxylation is 2. The Hall–Kier alpha value is -4.76. The van der Waals surface area contributed by atoms with E-state index in [0.29, 0.717) is 41.4 Å². The largest absolute Gasteiger partial charge is 0.471 e. The molecule has 7 rings (SSSR count). The Morgan fingerprint density at radius 3 is 2.65 bits per heavy atom. The van der Waals surface area contributed by atoms with Gasteiger partial charge in [-0.1, -0.05) is 17.3 Å². The molecule has 4 atom stereocenters. The van der Waals surface area contributed by atoms with Gasteiger partial charge in [-0.2, -0.15) is 5.26 Å². The van der Waals surface area contributed by atoms with Gasteiger partial charge in [0.2, 0.25) is 5.88 Å². The molecule has 2 aliphatic heterocycles. The lowest BCUT2D eigenvalue weighted by Gasteiger charge is -2.38. The van der Waals surface area contributed by atoms with E-state index in [1.54, 1.807) is 4.90 Å². The summed E-state index contributed by atoms with van der Waals surface area (Å²) in [5.74, 6) is -0.199. The highest BCUT2D eigenvalue weighted by atomic mass is 19.1. The van der Waals surface area contributed by atoms with E-state index in [9.17, 15) is 10.1 Å². The van der Waals surface area contributed by atoms with Crippen molar-refractivity contribution in [3.63, 3.8) is 0 Å². The van der Waals surface area contributed by atoms with E-state index in [0.717, 1.165) is 47.0 Å². The molecule has 0 saturated carbocycles. The van der Waals surface area contributed by atoms with Gasteiger partial charge in [0.1, 0.15) is 22.7 Å². The van der Waals surface area contributed by atoms with Crippen molar-refractivity contribution in [1.29, 1.82) is 5.26 Å². The number of carbonyl (C=O) groups excluding carboxylic acids is 1. The minimum absolute atomic E-state index is 0.102. The van der Waals surface area contributed by atoms with Gasteiger partial charge in [0.15, 0.2) is 11.3 Å². The zero-order chi connectivity index (χ0) is 36.4. The highest BCUT2D eigenvalue weighted by molar-refractivity contribution is 6.08. The fourth-order valence-corrected chi connectivity index (χ4v) is 8.28. The van der Waals surface area contributed by atoms with Crippen molar-refractivity contribution < 1.29 is 18.7 Å². The molecule has 0 radical (unpaired) electrons. The molecular weight excluding hydrogens is 647 g/mol. The van der Waals surface area contributed by atoms with Crippen LogP contribution in [0.2, 0.25) is 0 Å². The number of nitrogens with zero attached hydrogens (tertiary/aromatic N) is 8. The molecule has 1 amide bonds. The Kier molecular flexibility index (Phi) is 8.90. The highest BCUT2D eigenvalue weighted by Gasteiger charge is 2.35. The summed E-state index contributed by atoms with van der Waals surface area (Å²) in [6.45, 7) is 13.0. The molecule has 0 bridgehead atoms. The van der Waals surface area contributed by atoms with Gasteiger partial charge in [0.05, 0.1) is 18.5 Å². The number of halogens is 1. The SMILES string of the molecule is Cc1cc2c(nc(O[C@@H](C)[C@@H]3CCCN3C)c3nnn([C@H]4CCN(C(=O)OC(C)(C)C)[C@@H](C)C4)c32)c(F)c1-c1cccc2c1c(CC#N)cn2C. The fraction of sp³-hybridized carbons (Fsp3) is 0.513. The molecule has 0 aliphatic carbocycles. The van der Waals surface area contributed by atoms with Crippen LogP contribution in [-0.2, 0) is 18.2 Å². The van der Waals surface area contributed by atoms with Crippen LogP contribution in [0.4, 0.5) is 9.18 Å². The summed E-state index contributed by atoms with van der Waals surface area (Å²) < 4.78 is 33.6. The van der Waals surface area contributed by atoms with Crippen LogP contribution in [0.15, 0.2) is 30.5 Å². The quantitative estimate of drug-likeness (QED) is 0.180. The Morgan fingerprint density at radius 1 is 1.18 bits per heavy atom. The second kappa shape index (κ2) is 13.1. The number of piperidine rings is 1. The van der Waals surface area contributed by atoms with Gasteiger partial charge < -0.3 is 18.9 Å². The lowest BCUT2D eigenvalue weighted by Crippen LogP contribution is -2.47. The van der Waals surface area contributed by atoms with Crippen molar-refractivity contribution in [2.45, 2.75) is 103 Å². The first-order valence-corrected chi connectivity index (χ1v) is 18.0. The third-order valence-corrected chi connectivity index (χ3v) is 10.7. The maximum atomic E-state index is 17.4. The number of aromatic nitrogens is 5. The Labute approximate surface area is 297 Å². The van der Waals surface area contributed by atoms with Gasteiger partial charge in [-0.25, -0.2) is 18.9 Å². The summed E-state index contributed by atoms with van der Waals surface area (Å²) in [6.07, 6.45) is 4.95. The second-order valence-corrected chi connectivity index (χ2v) is 15.4. The van der Waals surface area contributed by atoms with E-state index in [4.69, 9.17) is 14.5 Å². The number of hydrogen-bond acceptors (Lipinski definition) is 8. The van der Waals surface area contributed by atoms with E-state index in [-0.39, 0.29) is 48.1 Å². The number of fused-ring (bicyclic) bond motifs is 4. The molecule has 0 spiro atoms. The van der Waals surface area contributed by atoms with E-state index in [2.05, 4.69) is 28.3 Å². The molecule has 12 heteroatoms. The van der Waals surface area contributed by atoms with Crippen molar-refractivity contribution >= 4 is 38.9 Å². The topological polar surface area (TPSA) is 114 Å². The summed E-state index contributed by atoms with van der Waals surface area (Å²) in [5, 5.41) is 20.4. The van der Waals surface area contributed by atoms with Crippen molar-refractivity contribution in [3.05, 3.63) is 47.4 Å². The molecule has 0 N–H and O–H groups in total. The zero-order valence-electron chi connectivity index (χ0n) is 30.8. The number of nitriles is 1. The molecule has 5 heterocycles. The maximum Gasteiger partial charge on any atom is 0.410 e. The van der Waals surface area contributed by atoms with Crippen LogP contribution < -0.4 is 4.74 Å². The molecule has 51 heavy (non-hydrogen) atoms. The lowest BCUT2D eigenvalue weighted by atomic mass is 9.92. The average Bonchev–Trinajstić information content (AvgIpc) is 3.79. The fourth-order valence-electron chi connectivity index (χ4n) is 8.28. The molecule has 3 aromatic heterocycles. The molecular formula is C39H47FN8O3. The normalized spacial score (nSPS) is 20.7. The molecule has 0 unspecified atom stereocenters. The second-order valence-electron chi connectivity index (χ2n) is 15.4. The van der Waals surface area contributed by atoms with Gasteiger partial charge in [-0.3, -0.25) is 4.90 Å².